The minimum Gasteiger partial charge on any atom is -0.452 e. The summed E-state index contributed by atoms with van der Waals surface area (Å²) in [6, 6.07) is 51.0. The van der Waals surface area contributed by atoms with Crippen LogP contribution in [0.3, 0.4) is 0 Å². The monoisotopic (exact) mass is 654 g/mol. The molecule has 0 atom stereocenters. The number of hydrogen-bond donors (Lipinski definition) is 0. The Bertz CT molecular complexity index is 3360. The molecule has 0 radical (unpaired) electrons. The van der Waals surface area contributed by atoms with Crippen molar-refractivity contribution in [3.05, 3.63) is 145 Å². The molecule has 11 rings (SSSR count). The molecule has 0 saturated carbocycles. The van der Waals surface area contributed by atoms with Gasteiger partial charge in [0.25, 0.3) is 0 Å². The summed E-state index contributed by atoms with van der Waals surface area (Å²) in [5.74, 6) is 0. The lowest BCUT2D eigenvalue weighted by molar-refractivity contribution is 0.670. The van der Waals surface area contributed by atoms with Crippen molar-refractivity contribution in [2.75, 3.05) is 0 Å². The van der Waals surface area contributed by atoms with Crippen LogP contribution in [0, 0.1) is 22.7 Å². The van der Waals surface area contributed by atoms with Crippen molar-refractivity contribution in [1.82, 2.24) is 9.13 Å². The fraction of sp³-hybridized carbons (Fsp3) is 0. The van der Waals surface area contributed by atoms with Crippen molar-refractivity contribution in [3.63, 3.8) is 0 Å². The van der Waals surface area contributed by atoms with Gasteiger partial charge in [0.2, 0.25) is 0 Å². The molecule has 50 heavy (non-hydrogen) atoms. The first-order valence-electron chi connectivity index (χ1n) is 16.4. The van der Waals surface area contributed by atoms with Gasteiger partial charge in [-0.25, -0.2) is 0 Å². The number of nitriles is 2. The lowest BCUT2D eigenvalue weighted by Crippen LogP contribution is -1.94. The fourth-order valence-electron chi connectivity index (χ4n) is 8.01. The van der Waals surface area contributed by atoms with E-state index in [0.29, 0.717) is 16.7 Å². The Kier molecular flexibility index (Phi) is 5.34. The van der Waals surface area contributed by atoms with Crippen LogP contribution in [0.1, 0.15) is 11.1 Å². The third-order valence-electron chi connectivity index (χ3n) is 10.2. The Morgan fingerprint density at radius 1 is 0.460 bits per heavy atom. The zero-order chi connectivity index (χ0) is 33.1. The van der Waals surface area contributed by atoms with Gasteiger partial charge in [-0.15, -0.1) is 11.3 Å². The van der Waals surface area contributed by atoms with Gasteiger partial charge in [-0.1, -0.05) is 54.6 Å². The Morgan fingerprint density at radius 2 is 1.08 bits per heavy atom. The second-order valence-electron chi connectivity index (χ2n) is 12.7. The van der Waals surface area contributed by atoms with Crippen molar-refractivity contribution in [3.8, 4) is 23.5 Å². The van der Waals surface area contributed by atoms with E-state index < -0.39 is 0 Å². The van der Waals surface area contributed by atoms with E-state index in [1.54, 1.807) is 11.3 Å². The van der Waals surface area contributed by atoms with Crippen molar-refractivity contribution < 1.29 is 4.42 Å². The number of thiophene rings is 1. The Labute approximate surface area is 288 Å². The molecular weight excluding hydrogens is 633 g/mol. The van der Waals surface area contributed by atoms with Crippen LogP contribution < -0.4 is 0 Å². The summed E-state index contributed by atoms with van der Waals surface area (Å²) in [6.07, 6.45) is 0. The van der Waals surface area contributed by atoms with Crippen LogP contribution in [0.15, 0.2) is 138 Å². The van der Waals surface area contributed by atoms with E-state index in [9.17, 15) is 10.5 Å². The quantitative estimate of drug-likeness (QED) is 0.186. The summed E-state index contributed by atoms with van der Waals surface area (Å²) in [6.45, 7) is 0. The maximum Gasteiger partial charge on any atom is 0.160 e. The van der Waals surface area contributed by atoms with E-state index in [4.69, 9.17) is 4.42 Å². The summed E-state index contributed by atoms with van der Waals surface area (Å²) in [5, 5.41) is 28.3. The van der Waals surface area contributed by atoms with Gasteiger partial charge in [0, 0.05) is 63.9 Å². The third-order valence-corrected chi connectivity index (χ3v) is 11.3. The molecule has 11 aromatic rings. The molecule has 0 bridgehead atoms. The van der Waals surface area contributed by atoms with Gasteiger partial charge < -0.3 is 13.6 Å². The topological polar surface area (TPSA) is 70.6 Å². The first-order chi connectivity index (χ1) is 24.7. The lowest BCUT2D eigenvalue weighted by Gasteiger charge is -2.10. The minimum absolute atomic E-state index is 0.533. The standard InChI is InChI=1S/C44H22N4OS/c45-23-25-12-17-39-34(20-25)30-8-2-3-10-37(30)47(39)27-13-18-40-35(21-27)36-22-28(14-19-41(36)50-40)48-38-11-4-1-7-29(38)31-15-16-33-32-9-5-6-26(24-46)43(32)49-44(33)42(31)48/h1-22H. The molecule has 0 aliphatic heterocycles. The highest BCUT2D eigenvalue weighted by Crippen LogP contribution is 2.43. The SMILES string of the molecule is N#Cc1ccc2c(c1)c1ccccc1n2-c1ccc2sc3ccc(-n4c5ccccc5c5ccc6c7cccc(C#N)c7oc6c54)cc3c2c1. The molecule has 0 unspecified atom stereocenters. The highest BCUT2D eigenvalue weighted by molar-refractivity contribution is 7.25. The molecule has 0 N–H and O–H groups in total. The number of nitrogens with zero attached hydrogens (tertiary/aromatic N) is 4. The van der Waals surface area contributed by atoms with E-state index in [2.05, 4.69) is 124 Å². The molecule has 0 spiro atoms. The smallest absolute Gasteiger partial charge is 0.160 e. The highest BCUT2D eigenvalue weighted by atomic mass is 32.1. The number of aromatic nitrogens is 2. The molecular formula is C44H22N4OS. The van der Waals surface area contributed by atoms with Gasteiger partial charge in [-0.05, 0) is 78.9 Å². The van der Waals surface area contributed by atoms with Gasteiger partial charge in [0.1, 0.15) is 6.07 Å². The lowest BCUT2D eigenvalue weighted by atomic mass is 10.1. The van der Waals surface area contributed by atoms with Crippen LogP contribution >= 0.6 is 11.3 Å². The largest absolute Gasteiger partial charge is 0.452 e. The van der Waals surface area contributed by atoms with Crippen molar-refractivity contribution in [2.45, 2.75) is 0 Å². The maximum absolute atomic E-state index is 9.87. The summed E-state index contributed by atoms with van der Waals surface area (Å²) < 4.78 is 13.7. The van der Waals surface area contributed by atoms with Crippen LogP contribution in [0.25, 0.3) is 97.1 Å². The molecule has 0 aliphatic carbocycles. The van der Waals surface area contributed by atoms with Crippen LogP contribution in [0.2, 0.25) is 0 Å². The normalized spacial score (nSPS) is 12.0. The first kappa shape index (κ1) is 27.1. The molecule has 0 amide bonds. The number of para-hydroxylation sites is 3. The van der Waals surface area contributed by atoms with Gasteiger partial charge in [0.15, 0.2) is 11.2 Å². The predicted molar refractivity (Wildman–Crippen MR) is 205 cm³/mol. The van der Waals surface area contributed by atoms with Crippen molar-refractivity contribution >= 4 is 97.1 Å². The molecule has 4 aromatic heterocycles. The highest BCUT2D eigenvalue weighted by Gasteiger charge is 2.21. The van der Waals surface area contributed by atoms with Crippen molar-refractivity contribution in [1.29, 1.82) is 10.5 Å². The van der Waals surface area contributed by atoms with Crippen LogP contribution in [-0.2, 0) is 0 Å². The van der Waals surface area contributed by atoms with E-state index in [0.717, 1.165) is 71.3 Å². The Morgan fingerprint density at radius 3 is 1.82 bits per heavy atom. The van der Waals surface area contributed by atoms with Gasteiger partial charge in [-0.3, -0.25) is 0 Å². The van der Waals surface area contributed by atoms with Crippen LogP contribution in [0.4, 0.5) is 0 Å². The second-order valence-corrected chi connectivity index (χ2v) is 13.8. The molecule has 230 valence electrons. The summed E-state index contributed by atoms with van der Waals surface area (Å²) in [4.78, 5) is 0. The minimum atomic E-state index is 0.533. The Balaban J connectivity index is 1.19. The molecule has 7 aromatic carbocycles. The number of benzene rings is 7. The van der Waals surface area contributed by atoms with Gasteiger partial charge in [0.05, 0.1) is 39.3 Å². The number of furan rings is 1. The maximum atomic E-state index is 9.87. The number of hydrogen-bond acceptors (Lipinski definition) is 4. The van der Waals surface area contributed by atoms with Gasteiger partial charge in [-0.2, -0.15) is 10.5 Å². The predicted octanol–water partition coefficient (Wildman–Crippen LogP) is 11.9. The average Bonchev–Trinajstić information content (AvgIpc) is 3.91. The molecule has 0 saturated heterocycles. The number of rotatable bonds is 2. The van der Waals surface area contributed by atoms with Crippen LogP contribution in [-0.4, -0.2) is 9.13 Å². The third kappa shape index (κ3) is 3.52. The van der Waals surface area contributed by atoms with E-state index >= 15 is 0 Å². The van der Waals surface area contributed by atoms with E-state index in [1.807, 2.05) is 30.3 Å². The van der Waals surface area contributed by atoms with E-state index in [1.165, 1.54) is 20.2 Å². The zero-order valence-electron chi connectivity index (χ0n) is 26.3. The second kappa shape index (κ2) is 9.84. The van der Waals surface area contributed by atoms with Crippen LogP contribution in [0.5, 0.6) is 0 Å². The summed E-state index contributed by atoms with van der Waals surface area (Å²) in [5.41, 5.74) is 8.97. The molecule has 4 heterocycles. The van der Waals surface area contributed by atoms with Gasteiger partial charge >= 0.3 is 0 Å². The molecule has 0 aliphatic rings. The zero-order valence-corrected chi connectivity index (χ0v) is 27.1. The summed E-state index contributed by atoms with van der Waals surface area (Å²) in [7, 11) is 0. The number of fused-ring (bicyclic) bond motifs is 13. The molecule has 5 nitrogen and oxygen atoms in total. The average molecular weight is 655 g/mol. The molecule has 6 heteroatoms. The van der Waals surface area contributed by atoms with Crippen molar-refractivity contribution in [2.24, 2.45) is 0 Å². The van der Waals surface area contributed by atoms with E-state index in [-0.39, 0.29) is 0 Å². The summed E-state index contributed by atoms with van der Waals surface area (Å²) >= 11 is 1.80. The Hall–Kier alpha value is -6.86. The molecule has 0 fully saturated rings. The fourth-order valence-corrected chi connectivity index (χ4v) is 9.08. The first-order valence-corrected chi connectivity index (χ1v) is 17.2.